The van der Waals surface area contributed by atoms with Gasteiger partial charge in [-0.3, -0.25) is 9.69 Å². The summed E-state index contributed by atoms with van der Waals surface area (Å²) in [6.07, 6.45) is -0.296. The molecule has 5 nitrogen and oxygen atoms in total. The first-order chi connectivity index (χ1) is 6.60. The van der Waals surface area contributed by atoms with E-state index >= 15 is 0 Å². The topological polar surface area (TPSA) is 70.0 Å². The first-order valence-corrected chi connectivity index (χ1v) is 4.77. The highest BCUT2D eigenvalue weighted by molar-refractivity contribution is 5.73. The number of carboxylic acid groups (broad SMARTS) is 1. The molecule has 0 aromatic rings. The molecule has 0 radical (unpaired) electrons. The maximum absolute atomic E-state index is 10.9. The molecule has 0 spiro atoms. The van der Waals surface area contributed by atoms with Crippen LogP contribution in [0, 0.1) is 0 Å². The molecule has 0 aromatic heterocycles. The van der Waals surface area contributed by atoms with Crippen LogP contribution in [0.25, 0.3) is 0 Å². The van der Waals surface area contributed by atoms with Crippen molar-refractivity contribution in [2.75, 3.05) is 20.2 Å². The third-order valence-electron chi connectivity index (χ3n) is 2.68. The van der Waals surface area contributed by atoms with Gasteiger partial charge in [0, 0.05) is 20.2 Å². The number of carbonyl (C=O) groups is 1. The van der Waals surface area contributed by atoms with Gasteiger partial charge in [0.05, 0.1) is 12.2 Å². The summed E-state index contributed by atoms with van der Waals surface area (Å²) in [6.45, 7) is 2.69. The zero-order chi connectivity index (χ0) is 10.7. The number of β-amino-alcohol motifs (C(OH)–C–C–N with tert-alkyl or cyclic N) is 1. The molecule has 0 aromatic carbocycles. The summed E-state index contributed by atoms with van der Waals surface area (Å²) < 4.78 is 5.04. The number of likely N-dealkylation sites (tertiary alicyclic amines) is 1. The van der Waals surface area contributed by atoms with E-state index < -0.39 is 18.1 Å². The SMILES string of the molecule is CC[C@H](C(=O)O)N1C[C@H](O)[C@H](OC)C1. The molecule has 0 aliphatic carbocycles. The highest BCUT2D eigenvalue weighted by atomic mass is 16.5. The first kappa shape index (κ1) is 11.4. The average Bonchev–Trinajstić information content (AvgIpc) is 2.47. The zero-order valence-electron chi connectivity index (χ0n) is 8.51. The molecule has 2 N–H and O–H groups in total. The molecule has 5 heteroatoms. The quantitative estimate of drug-likeness (QED) is 0.647. The van der Waals surface area contributed by atoms with E-state index in [9.17, 15) is 9.90 Å². The summed E-state index contributed by atoms with van der Waals surface area (Å²) in [5.41, 5.74) is 0. The molecule has 0 saturated carbocycles. The van der Waals surface area contributed by atoms with Crippen molar-refractivity contribution in [3.8, 4) is 0 Å². The van der Waals surface area contributed by atoms with Gasteiger partial charge in [-0.1, -0.05) is 6.92 Å². The second-order valence-corrected chi connectivity index (χ2v) is 3.56. The molecular formula is C9H17NO4. The molecule has 0 amide bonds. The van der Waals surface area contributed by atoms with Gasteiger partial charge < -0.3 is 14.9 Å². The number of methoxy groups -OCH3 is 1. The van der Waals surface area contributed by atoms with E-state index in [4.69, 9.17) is 9.84 Å². The number of hydrogen-bond donors (Lipinski definition) is 2. The fourth-order valence-electron chi connectivity index (χ4n) is 1.86. The average molecular weight is 203 g/mol. The van der Waals surface area contributed by atoms with E-state index in [-0.39, 0.29) is 6.10 Å². The number of ether oxygens (including phenoxy) is 1. The lowest BCUT2D eigenvalue weighted by Gasteiger charge is -2.22. The summed E-state index contributed by atoms with van der Waals surface area (Å²) in [6, 6.07) is -0.509. The lowest BCUT2D eigenvalue weighted by molar-refractivity contribution is -0.143. The normalized spacial score (nSPS) is 30.5. The Morgan fingerprint density at radius 1 is 1.64 bits per heavy atom. The van der Waals surface area contributed by atoms with Crippen molar-refractivity contribution >= 4 is 5.97 Å². The monoisotopic (exact) mass is 203 g/mol. The highest BCUT2D eigenvalue weighted by Gasteiger charge is 2.36. The first-order valence-electron chi connectivity index (χ1n) is 4.77. The maximum atomic E-state index is 10.9. The molecule has 82 valence electrons. The number of aliphatic hydroxyl groups excluding tert-OH is 1. The summed E-state index contributed by atoms with van der Waals surface area (Å²) in [5.74, 6) is -0.837. The van der Waals surface area contributed by atoms with Gasteiger partial charge in [-0.2, -0.15) is 0 Å². The fraction of sp³-hybridized carbons (Fsp3) is 0.889. The van der Waals surface area contributed by atoms with Crippen LogP contribution < -0.4 is 0 Å². The Hall–Kier alpha value is -0.650. The largest absolute Gasteiger partial charge is 0.480 e. The van der Waals surface area contributed by atoms with Crippen molar-refractivity contribution < 1.29 is 19.7 Å². The number of carboxylic acids is 1. The number of hydrogen-bond acceptors (Lipinski definition) is 4. The van der Waals surface area contributed by atoms with Crippen LogP contribution in [0.15, 0.2) is 0 Å². The Bertz CT molecular complexity index is 209. The minimum Gasteiger partial charge on any atom is -0.480 e. The van der Waals surface area contributed by atoms with Gasteiger partial charge >= 0.3 is 5.97 Å². The third-order valence-corrected chi connectivity index (χ3v) is 2.68. The van der Waals surface area contributed by atoms with Gasteiger partial charge in [-0.05, 0) is 6.42 Å². The van der Waals surface area contributed by atoms with Crippen LogP contribution in [-0.2, 0) is 9.53 Å². The molecule has 0 bridgehead atoms. The van der Waals surface area contributed by atoms with Crippen molar-refractivity contribution in [3.63, 3.8) is 0 Å². The number of aliphatic carboxylic acids is 1. The number of nitrogens with zero attached hydrogens (tertiary/aromatic N) is 1. The van der Waals surface area contributed by atoms with Gasteiger partial charge in [0.1, 0.15) is 6.04 Å². The molecule has 3 atom stereocenters. The maximum Gasteiger partial charge on any atom is 0.320 e. The van der Waals surface area contributed by atoms with E-state index in [1.807, 2.05) is 6.92 Å². The highest BCUT2D eigenvalue weighted by Crippen LogP contribution is 2.17. The van der Waals surface area contributed by atoms with Gasteiger partial charge in [0.25, 0.3) is 0 Å². The van der Waals surface area contributed by atoms with Gasteiger partial charge in [0.2, 0.25) is 0 Å². The molecule has 1 aliphatic rings. The second-order valence-electron chi connectivity index (χ2n) is 3.56. The molecule has 1 heterocycles. The van der Waals surface area contributed by atoms with Crippen LogP contribution >= 0.6 is 0 Å². The van der Waals surface area contributed by atoms with Crippen molar-refractivity contribution in [3.05, 3.63) is 0 Å². The van der Waals surface area contributed by atoms with Crippen LogP contribution in [0.2, 0.25) is 0 Å². The summed E-state index contributed by atoms with van der Waals surface area (Å²) >= 11 is 0. The molecule has 14 heavy (non-hydrogen) atoms. The van der Waals surface area contributed by atoms with Crippen molar-refractivity contribution in [1.29, 1.82) is 0 Å². The lowest BCUT2D eigenvalue weighted by atomic mass is 10.2. The number of rotatable bonds is 4. The smallest absolute Gasteiger partial charge is 0.320 e. The Kier molecular flexibility index (Phi) is 3.86. The minimum atomic E-state index is -0.837. The van der Waals surface area contributed by atoms with Crippen LogP contribution in [0.4, 0.5) is 0 Å². The van der Waals surface area contributed by atoms with E-state index in [1.54, 1.807) is 4.90 Å². The Labute approximate surface area is 83.3 Å². The van der Waals surface area contributed by atoms with Gasteiger partial charge in [0.15, 0.2) is 0 Å². The van der Waals surface area contributed by atoms with E-state index in [0.29, 0.717) is 19.5 Å². The van der Waals surface area contributed by atoms with Crippen LogP contribution in [0.1, 0.15) is 13.3 Å². The summed E-state index contributed by atoms with van der Waals surface area (Å²) in [5, 5.41) is 18.4. The predicted molar refractivity (Wildman–Crippen MR) is 50.1 cm³/mol. The predicted octanol–water partition coefficient (Wildman–Crippen LogP) is -0.459. The van der Waals surface area contributed by atoms with Crippen LogP contribution in [0.5, 0.6) is 0 Å². The molecule has 1 fully saturated rings. The molecule has 1 aliphatic heterocycles. The fourth-order valence-corrected chi connectivity index (χ4v) is 1.86. The Balaban J connectivity index is 2.58. The number of aliphatic hydroxyl groups is 1. The zero-order valence-corrected chi connectivity index (χ0v) is 8.51. The van der Waals surface area contributed by atoms with Crippen LogP contribution in [-0.4, -0.2) is 59.5 Å². The summed E-state index contributed by atoms with van der Waals surface area (Å²) in [7, 11) is 1.53. The minimum absolute atomic E-state index is 0.261. The van der Waals surface area contributed by atoms with E-state index in [0.717, 1.165) is 0 Å². The Morgan fingerprint density at radius 2 is 2.29 bits per heavy atom. The van der Waals surface area contributed by atoms with Crippen LogP contribution in [0.3, 0.4) is 0 Å². The third kappa shape index (κ3) is 2.23. The van der Waals surface area contributed by atoms with Gasteiger partial charge in [-0.25, -0.2) is 0 Å². The van der Waals surface area contributed by atoms with Crippen molar-refractivity contribution in [2.45, 2.75) is 31.6 Å². The summed E-state index contributed by atoms with van der Waals surface area (Å²) in [4.78, 5) is 12.6. The van der Waals surface area contributed by atoms with E-state index in [1.165, 1.54) is 7.11 Å². The van der Waals surface area contributed by atoms with E-state index in [2.05, 4.69) is 0 Å². The second kappa shape index (κ2) is 4.72. The standard InChI is InChI=1S/C9H17NO4/c1-3-6(9(12)13)10-4-7(11)8(5-10)14-2/h6-8,11H,3-5H2,1-2H3,(H,12,13)/t6-,7+,8-/m1/s1. The molecule has 1 saturated heterocycles. The molecular weight excluding hydrogens is 186 g/mol. The lowest BCUT2D eigenvalue weighted by Crippen LogP contribution is -2.40. The molecule has 0 unspecified atom stereocenters. The van der Waals surface area contributed by atoms with Crippen molar-refractivity contribution in [1.82, 2.24) is 4.90 Å². The molecule has 1 rings (SSSR count). The Morgan fingerprint density at radius 3 is 2.64 bits per heavy atom. The van der Waals surface area contributed by atoms with Gasteiger partial charge in [-0.15, -0.1) is 0 Å². The van der Waals surface area contributed by atoms with Crippen molar-refractivity contribution in [2.24, 2.45) is 0 Å².